The molecule has 0 atom stereocenters. The third-order valence-electron chi connectivity index (χ3n) is 7.53. The summed E-state index contributed by atoms with van der Waals surface area (Å²) in [6.07, 6.45) is 9.99. The van der Waals surface area contributed by atoms with E-state index in [1.165, 1.54) is 44.2 Å². The summed E-state index contributed by atoms with van der Waals surface area (Å²) in [5.74, 6) is 0.365. The van der Waals surface area contributed by atoms with Crippen molar-refractivity contribution in [1.82, 2.24) is 4.90 Å². The standard InChI is InChI=1S/C32H40N2O5/c1-21(2)11-12-23-19-25(13-15-28(23)35)31(36)33-27-20-24-14-16-29(22(3)30(24)39-32(27)37)38-18-8-17-34(4)26-9-6-5-7-10-26/h11,13-16,19-20,26,35H,5-10,12,17-18H2,1-4H3,(H,33,36). The summed E-state index contributed by atoms with van der Waals surface area (Å²) in [7, 11) is 2.20. The van der Waals surface area contributed by atoms with Crippen molar-refractivity contribution < 1.29 is 19.1 Å². The first-order valence-corrected chi connectivity index (χ1v) is 13.9. The van der Waals surface area contributed by atoms with E-state index in [2.05, 4.69) is 17.3 Å². The summed E-state index contributed by atoms with van der Waals surface area (Å²) < 4.78 is 11.7. The second kappa shape index (κ2) is 13.0. The van der Waals surface area contributed by atoms with Crippen LogP contribution in [0.1, 0.15) is 73.9 Å². The van der Waals surface area contributed by atoms with Crippen LogP contribution in [0.5, 0.6) is 11.5 Å². The van der Waals surface area contributed by atoms with E-state index in [1.807, 2.05) is 39.0 Å². The number of allylic oxidation sites excluding steroid dienone is 2. The molecule has 4 rings (SSSR count). The highest BCUT2D eigenvalue weighted by molar-refractivity contribution is 6.05. The molecule has 3 aromatic rings. The fourth-order valence-electron chi connectivity index (χ4n) is 5.15. The van der Waals surface area contributed by atoms with Crippen LogP contribution in [0.3, 0.4) is 0 Å². The number of phenolic OH excluding ortho intramolecular Hbond substituents is 1. The van der Waals surface area contributed by atoms with Gasteiger partial charge in [0.2, 0.25) is 0 Å². The molecule has 1 fully saturated rings. The number of hydrogen-bond acceptors (Lipinski definition) is 6. The zero-order chi connectivity index (χ0) is 27.9. The molecule has 1 saturated carbocycles. The number of carbonyl (C=O) groups excluding carboxylic acids is 1. The van der Waals surface area contributed by atoms with E-state index in [-0.39, 0.29) is 11.4 Å². The highest BCUT2D eigenvalue weighted by Crippen LogP contribution is 2.28. The molecule has 1 aliphatic carbocycles. The van der Waals surface area contributed by atoms with Crippen molar-refractivity contribution in [3.05, 3.63) is 75.2 Å². The van der Waals surface area contributed by atoms with Gasteiger partial charge in [-0.2, -0.15) is 0 Å². The summed E-state index contributed by atoms with van der Waals surface area (Å²) in [6, 6.07) is 10.7. The smallest absolute Gasteiger partial charge is 0.360 e. The van der Waals surface area contributed by atoms with Crippen molar-refractivity contribution in [1.29, 1.82) is 0 Å². The molecule has 7 heteroatoms. The second-order valence-corrected chi connectivity index (χ2v) is 10.8. The van der Waals surface area contributed by atoms with E-state index in [4.69, 9.17) is 9.15 Å². The van der Waals surface area contributed by atoms with E-state index in [1.54, 1.807) is 12.1 Å². The maximum absolute atomic E-state index is 12.9. The topological polar surface area (TPSA) is 92.0 Å². The van der Waals surface area contributed by atoms with Crippen molar-refractivity contribution >= 4 is 22.6 Å². The molecule has 0 aliphatic heterocycles. The van der Waals surface area contributed by atoms with Gasteiger partial charge in [0.1, 0.15) is 22.8 Å². The van der Waals surface area contributed by atoms with Gasteiger partial charge in [-0.25, -0.2) is 4.79 Å². The van der Waals surface area contributed by atoms with Crippen LogP contribution in [-0.4, -0.2) is 42.2 Å². The van der Waals surface area contributed by atoms with E-state index in [9.17, 15) is 14.7 Å². The van der Waals surface area contributed by atoms with Gasteiger partial charge >= 0.3 is 5.63 Å². The van der Waals surface area contributed by atoms with Gasteiger partial charge in [0.05, 0.1) is 6.61 Å². The average Bonchev–Trinajstić information content (AvgIpc) is 2.92. The highest BCUT2D eigenvalue weighted by atomic mass is 16.5. The van der Waals surface area contributed by atoms with Crippen LogP contribution >= 0.6 is 0 Å². The Hall–Kier alpha value is -3.58. The molecule has 2 aromatic carbocycles. The predicted octanol–water partition coefficient (Wildman–Crippen LogP) is 6.60. The molecule has 1 aromatic heterocycles. The zero-order valence-electron chi connectivity index (χ0n) is 23.5. The maximum Gasteiger partial charge on any atom is 0.360 e. The monoisotopic (exact) mass is 532 g/mol. The number of anilines is 1. The molecule has 0 saturated heterocycles. The first-order chi connectivity index (χ1) is 18.7. The van der Waals surface area contributed by atoms with Gasteiger partial charge < -0.3 is 24.5 Å². The number of aromatic hydroxyl groups is 1. The van der Waals surface area contributed by atoms with Gasteiger partial charge in [0, 0.05) is 29.1 Å². The number of benzene rings is 2. The van der Waals surface area contributed by atoms with E-state index >= 15 is 0 Å². The lowest BCUT2D eigenvalue weighted by Crippen LogP contribution is -2.34. The van der Waals surface area contributed by atoms with Gasteiger partial charge in [0.25, 0.3) is 5.91 Å². The Balaban J connectivity index is 1.41. The Morgan fingerprint density at radius 3 is 2.67 bits per heavy atom. The summed E-state index contributed by atoms with van der Waals surface area (Å²) in [6.45, 7) is 7.40. The van der Waals surface area contributed by atoms with Gasteiger partial charge in [-0.05, 0) is 95.5 Å². The average molecular weight is 533 g/mol. The summed E-state index contributed by atoms with van der Waals surface area (Å²) >= 11 is 0. The van der Waals surface area contributed by atoms with Crippen molar-refractivity contribution in [3.63, 3.8) is 0 Å². The maximum atomic E-state index is 12.9. The number of phenols is 1. The Bertz CT molecular complexity index is 1400. The minimum absolute atomic E-state index is 0.0604. The fourth-order valence-corrected chi connectivity index (χ4v) is 5.15. The molecular formula is C32H40N2O5. The largest absolute Gasteiger partial charge is 0.508 e. The molecule has 0 radical (unpaired) electrons. The fraction of sp³-hybridized carbons (Fsp3) is 0.438. The number of hydrogen-bond donors (Lipinski definition) is 2. The van der Waals surface area contributed by atoms with Crippen LogP contribution in [0, 0.1) is 6.92 Å². The van der Waals surface area contributed by atoms with Crippen molar-refractivity contribution in [3.8, 4) is 11.5 Å². The lowest BCUT2D eigenvalue weighted by atomic mass is 9.94. The minimum atomic E-state index is -0.631. The number of nitrogens with one attached hydrogen (secondary N) is 1. The molecule has 1 aliphatic rings. The Morgan fingerprint density at radius 1 is 1.15 bits per heavy atom. The third-order valence-corrected chi connectivity index (χ3v) is 7.53. The van der Waals surface area contributed by atoms with Crippen LogP contribution in [0.2, 0.25) is 0 Å². The van der Waals surface area contributed by atoms with Crippen molar-refractivity contribution in [2.24, 2.45) is 0 Å². The molecule has 39 heavy (non-hydrogen) atoms. The number of rotatable bonds is 10. The van der Waals surface area contributed by atoms with Crippen LogP contribution in [0.25, 0.3) is 11.0 Å². The molecule has 0 unspecified atom stereocenters. The number of carbonyl (C=O) groups is 1. The molecule has 2 N–H and O–H groups in total. The predicted molar refractivity (Wildman–Crippen MR) is 156 cm³/mol. The van der Waals surface area contributed by atoms with Crippen molar-refractivity contribution in [2.75, 3.05) is 25.5 Å². The Kier molecular flexibility index (Phi) is 9.46. The van der Waals surface area contributed by atoms with E-state index < -0.39 is 11.5 Å². The zero-order valence-corrected chi connectivity index (χ0v) is 23.5. The second-order valence-electron chi connectivity index (χ2n) is 10.8. The molecule has 7 nitrogen and oxygen atoms in total. The third kappa shape index (κ3) is 7.30. The highest BCUT2D eigenvalue weighted by Gasteiger charge is 2.18. The van der Waals surface area contributed by atoms with Gasteiger partial charge in [0.15, 0.2) is 0 Å². The Morgan fingerprint density at radius 2 is 1.92 bits per heavy atom. The first kappa shape index (κ1) is 28.4. The van der Waals surface area contributed by atoms with Gasteiger partial charge in [-0.15, -0.1) is 0 Å². The minimum Gasteiger partial charge on any atom is -0.508 e. The number of nitrogens with zero attached hydrogens (tertiary/aromatic N) is 1. The molecule has 0 bridgehead atoms. The van der Waals surface area contributed by atoms with E-state index in [0.29, 0.717) is 46.9 Å². The van der Waals surface area contributed by atoms with Crippen LogP contribution < -0.4 is 15.7 Å². The molecule has 1 heterocycles. The Labute approximate surface area is 230 Å². The molecule has 0 spiro atoms. The van der Waals surface area contributed by atoms with Crippen LogP contribution in [0.4, 0.5) is 5.69 Å². The molecule has 1 amide bonds. The van der Waals surface area contributed by atoms with Crippen LogP contribution in [-0.2, 0) is 6.42 Å². The van der Waals surface area contributed by atoms with Crippen molar-refractivity contribution in [2.45, 2.75) is 71.8 Å². The summed E-state index contributed by atoms with van der Waals surface area (Å²) in [5.41, 5.74) is 2.73. The lowest BCUT2D eigenvalue weighted by Gasteiger charge is -2.31. The first-order valence-electron chi connectivity index (χ1n) is 13.9. The SMILES string of the molecule is CC(C)=CCc1cc(C(=O)Nc2cc3ccc(OCCCN(C)C4CCCCC4)c(C)c3oc2=O)ccc1O. The number of ether oxygens (including phenoxy) is 1. The normalized spacial score (nSPS) is 14.0. The molecular weight excluding hydrogens is 492 g/mol. The summed E-state index contributed by atoms with van der Waals surface area (Å²) in [4.78, 5) is 28.1. The lowest BCUT2D eigenvalue weighted by molar-refractivity contribution is 0.102. The van der Waals surface area contributed by atoms with Gasteiger partial charge in [-0.1, -0.05) is 30.9 Å². The number of fused-ring (bicyclic) bond motifs is 1. The molecule has 208 valence electrons. The van der Waals surface area contributed by atoms with E-state index in [0.717, 1.165) is 24.1 Å². The van der Waals surface area contributed by atoms with Crippen LogP contribution in [0.15, 0.2) is 57.3 Å². The quantitative estimate of drug-likeness (QED) is 0.174. The number of amides is 1. The van der Waals surface area contributed by atoms with Gasteiger partial charge in [-0.3, -0.25) is 4.79 Å². The summed E-state index contributed by atoms with van der Waals surface area (Å²) in [5, 5.41) is 13.5. The number of aryl methyl sites for hydroxylation is 1.